The van der Waals surface area contributed by atoms with Crippen LogP contribution in [0.1, 0.15) is 0 Å². The molecule has 0 radical (unpaired) electrons. The van der Waals surface area contributed by atoms with Crippen molar-refractivity contribution in [1.29, 1.82) is 0 Å². The van der Waals surface area contributed by atoms with Crippen molar-refractivity contribution in [2.24, 2.45) is 23.5 Å². The zero-order valence-corrected chi connectivity index (χ0v) is 6.08. The summed E-state index contributed by atoms with van der Waals surface area (Å²) in [4.78, 5) is 12.9. The topological polar surface area (TPSA) is 46.3 Å². The minimum Gasteiger partial charge on any atom is -0.369 e. The second kappa shape index (κ2) is 1.72. The predicted molar refractivity (Wildman–Crippen MR) is 37.2 cm³/mol. The van der Waals surface area contributed by atoms with E-state index >= 15 is 0 Å². The van der Waals surface area contributed by atoms with Gasteiger partial charge in [0.15, 0.2) is 0 Å². The highest BCUT2D eigenvalue weighted by Crippen LogP contribution is 2.50. The quantitative estimate of drug-likeness (QED) is 0.522. The lowest BCUT2D eigenvalue weighted by atomic mass is 10.2. The SMILES string of the molecule is CN1C[C@@H]2[C@H](C1)[C@H]2C(N)=O. The van der Waals surface area contributed by atoms with Crippen molar-refractivity contribution in [3.05, 3.63) is 0 Å². The summed E-state index contributed by atoms with van der Waals surface area (Å²) < 4.78 is 0. The molecule has 0 aromatic heterocycles. The van der Waals surface area contributed by atoms with Crippen LogP contribution in [0.4, 0.5) is 0 Å². The smallest absolute Gasteiger partial charge is 0.221 e. The van der Waals surface area contributed by atoms with Gasteiger partial charge in [-0.15, -0.1) is 0 Å². The molecule has 1 amide bonds. The van der Waals surface area contributed by atoms with Crippen molar-refractivity contribution < 1.29 is 4.79 Å². The van der Waals surface area contributed by atoms with Gasteiger partial charge < -0.3 is 10.6 Å². The molecule has 2 fully saturated rings. The molecule has 1 aliphatic carbocycles. The van der Waals surface area contributed by atoms with E-state index in [1.165, 1.54) is 0 Å². The molecule has 0 bridgehead atoms. The van der Waals surface area contributed by atoms with Gasteiger partial charge in [0.1, 0.15) is 0 Å². The van der Waals surface area contributed by atoms with E-state index in [4.69, 9.17) is 5.73 Å². The van der Waals surface area contributed by atoms with Crippen molar-refractivity contribution in [1.82, 2.24) is 4.90 Å². The fourth-order valence-electron chi connectivity index (χ4n) is 2.16. The Morgan fingerprint density at radius 3 is 2.40 bits per heavy atom. The van der Waals surface area contributed by atoms with Crippen LogP contribution in [0.2, 0.25) is 0 Å². The second-order valence-corrected chi connectivity index (χ2v) is 3.48. The van der Waals surface area contributed by atoms with E-state index in [1.54, 1.807) is 0 Å². The fourth-order valence-corrected chi connectivity index (χ4v) is 2.16. The molecule has 0 unspecified atom stereocenters. The number of piperidine rings is 1. The lowest BCUT2D eigenvalue weighted by Gasteiger charge is -2.10. The van der Waals surface area contributed by atoms with Crippen molar-refractivity contribution >= 4 is 5.91 Å². The third-order valence-electron chi connectivity index (χ3n) is 2.71. The Morgan fingerprint density at radius 2 is 2.00 bits per heavy atom. The van der Waals surface area contributed by atoms with Gasteiger partial charge in [0, 0.05) is 19.0 Å². The van der Waals surface area contributed by atoms with Crippen molar-refractivity contribution in [3.63, 3.8) is 0 Å². The first-order valence-corrected chi connectivity index (χ1v) is 3.68. The Hall–Kier alpha value is -0.570. The molecular formula is C7H12N2O. The lowest BCUT2D eigenvalue weighted by Crippen LogP contribution is -2.25. The first-order chi connectivity index (χ1) is 4.70. The van der Waals surface area contributed by atoms with E-state index in [0.717, 1.165) is 13.1 Å². The van der Waals surface area contributed by atoms with E-state index in [0.29, 0.717) is 11.8 Å². The first-order valence-electron chi connectivity index (χ1n) is 3.68. The van der Waals surface area contributed by atoms with Gasteiger partial charge in [-0.05, 0) is 18.9 Å². The molecule has 3 heteroatoms. The lowest BCUT2D eigenvalue weighted by molar-refractivity contribution is -0.120. The van der Waals surface area contributed by atoms with Crippen LogP contribution in [-0.2, 0) is 4.79 Å². The Morgan fingerprint density at radius 1 is 1.50 bits per heavy atom. The van der Waals surface area contributed by atoms with Gasteiger partial charge >= 0.3 is 0 Å². The van der Waals surface area contributed by atoms with Crippen LogP contribution in [0.5, 0.6) is 0 Å². The van der Waals surface area contributed by atoms with Crippen LogP contribution < -0.4 is 5.73 Å². The summed E-state index contributed by atoms with van der Waals surface area (Å²) in [5.41, 5.74) is 5.18. The molecule has 2 N–H and O–H groups in total. The number of fused-ring (bicyclic) bond motifs is 1. The maximum Gasteiger partial charge on any atom is 0.221 e. The van der Waals surface area contributed by atoms with E-state index < -0.39 is 0 Å². The van der Waals surface area contributed by atoms with Gasteiger partial charge in [-0.25, -0.2) is 0 Å². The third kappa shape index (κ3) is 0.669. The number of nitrogens with two attached hydrogens (primary N) is 1. The molecule has 2 rings (SSSR count). The molecule has 0 aromatic carbocycles. The zero-order valence-electron chi connectivity index (χ0n) is 6.08. The molecule has 1 saturated carbocycles. The monoisotopic (exact) mass is 140 g/mol. The minimum atomic E-state index is -0.0944. The summed E-state index contributed by atoms with van der Waals surface area (Å²) in [7, 11) is 2.09. The van der Waals surface area contributed by atoms with Crippen LogP contribution in [0.3, 0.4) is 0 Å². The van der Waals surface area contributed by atoms with Crippen LogP contribution in [0.25, 0.3) is 0 Å². The Bertz CT molecular complexity index is 168. The zero-order chi connectivity index (χ0) is 7.30. The van der Waals surface area contributed by atoms with Crippen molar-refractivity contribution in [3.8, 4) is 0 Å². The average molecular weight is 140 g/mol. The summed E-state index contributed by atoms with van der Waals surface area (Å²) in [6.07, 6.45) is 0. The number of likely N-dealkylation sites (tertiary alicyclic amines) is 1. The Kier molecular flexibility index (Phi) is 1.06. The molecule has 56 valence electrons. The van der Waals surface area contributed by atoms with Gasteiger partial charge in [0.2, 0.25) is 5.91 Å². The first kappa shape index (κ1) is 6.16. The van der Waals surface area contributed by atoms with Gasteiger partial charge in [0.25, 0.3) is 0 Å². The van der Waals surface area contributed by atoms with Gasteiger partial charge in [0.05, 0.1) is 0 Å². The molecule has 1 aliphatic heterocycles. The molecule has 10 heavy (non-hydrogen) atoms. The third-order valence-corrected chi connectivity index (χ3v) is 2.71. The van der Waals surface area contributed by atoms with Crippen LogP contribution >= 0.6 is 0 Å². The molecule has 3 atom stereocenters. The fraction of sp³-hybridized carbons (Fsp3) is 0.857. The largest absolute Gasteiger partial charge is 0.369 e. The number of hydrogen-bond acceptors (Lipinski definition) is 2. The Labute approximate surface area is 60.2 Å². The molecule has 2 aliphatic rings. The standard InChI is InChI=1S/C7H12N2O/c1-9-2-4-5(3-9)6(4)7(8)10/h4-6H,2-3H2,1H3,(H2,8,10)/t4-,5+,6+. The molecule has 1 saturated heterocycles. The summed E-state index contributed by atoms with van der Waals surface area (Å²) in [6, 6.07) is 0. The highest BCUT2D eigenvalue weighted by atomic mass is 16.1. The van der Waals surface area contributed by atoms with E-state index in [1.807, 2.05) is 0 Å². The van der Waals surface area contributed by atoms with Crippen LogP contribution in [0, 0.1) is 17.8 Å². The van der Waals surface area contributed by atoms with Crippen LogP contribution in [-0.4, -0.2) is 30.9 Å². The molecule has 3 nitrogen and oxygen atoms in total. The molecule has 0 spiro atoms. The van der Waals surface area contributed by atoms with E-state index in [-0.39, 0.29) is 11.8 Å². The van der Waals surface area contributed by atoms with Gasteiger partial charge in [-0.3, -0.25) is 4.79 Å². The predicted octanol–water partition coefficient (Wildman–Crippen LogP) is -0.721. The minimum absolute atomic E-state index is 0.0944. The number of carbonyl (C=O) groups excluding carboxylic acids is 1. The summed E-state index contributed by atoms with van der Waals surface area (Å²) >= 11 is 0. The normalized spacial score (nSPS) is 45.1. The second-order valence-electron chi connectivity index (χ2n) is 3.48. The molecular weight excluding hydrogens is 128 g/mol. The average Bonchev–Trinajstić information content (AvgIpc) is 2.32. The molecule has 0 aromatic rings. The van der Waals surface area contributed by atoms with Crippen molar-refractivity contribution in [2.75, 3.05) is 20.1 Å². The van der Waals surface area contributed by atoms with E-state index in [2.05, 4.69) is 11.9 Å². The number of rotatable bonds is 1. The maximum absolute atomic E-state index is 10.7. The summed E-state index contributed by atoms with van der Waals surface area (Å²) in [5.74, 6) is 1.32. The number of primary amides is 1. The number of nitrogens with zero attached hydrogens (tertiary/aromatic N) is 1. The number of carbonyl (C=O) groups is 1. The number of hydrogen-bond donors (Lipinski definition) is 1. The van der Waals surface area contributed by atoms with Gasteiger partial charge in [-0.1, -0.05) is 0 Å². The highest BCUT2D eigenvalue weighted by molar-refractivity contribution is 5.80. The highest BCUT2D eigenvalue weighted by Gasteiger charge is 2.57. The molecule has 1 heterocycles. The summed E-state index contributed by atoms with van der Waals surface area (Å²) in [6.45, 7) is 2.14. The van der Waals surface area contributed by atoms with Gasteiger partial charge in [-0.2, -0.15) is 0 Å². The van der Waals surface area contributed by atoms with Crippen LogP contribution in [0.15, 0.2) is 0 Å². The number of amides is 1. The Balaban J connectivity index is 1.98. The maximum atomic E-state index is 10.7. The van der Waals surface area contributed by atoms with E-state index in [9.17, 15) is 4.79 Å². The van der Waals surface area contributed by atoms with Crippen molar-refractivity contribution in [2.45, 2.75) is 0 Å². The summed E-state index contributed by atoms with van der Waals surface area (Å²) in [5, 5.41) is 0.